The monoisotopic (exact) mass is 340 g/mol. The number of benzene rings is 1. The summed E-state index contributed by atoms with van der Waals surface area (Å²) < 4.78 is 28.8. The number of hydrogen-bond donors (Lipinski definition) is 1. The second-order valence-corrected chi connectivity index (χ2v) is 6.61. The van der Waals surface area contributed by atoms with Crippen LogP contribution in [-0.2, 0) is 0 Å². The summed E-state index contributed by atoms with van der Waals surface area (Å²) in [6, 6.07) is 7.08. The molecule has 0 radical (unpaired) electrons. The second-order valence-electron chi connectivity index (χ2n) is 5.43. The van der Waals surface area contributed by atoms with Crippen molar-refractivity contribution in [3.05, 3.63) is 29.3 Å². The number of halogens is 2. The highest BCUT2D eigenvalue weighted by atomic mass is 32.1. The van der Waals surface area contributed by atoms with Crippen molar-refractivity contribution in [3.8, 4) is 5.75 Å². The molecular weight excluding hydrogens is 322 g/mol. The van der Waals surface area contributed by atoms with Gasteiger partial charge in [-0.25, -0.2) is 0 Å². The number of nitrogens with zero attached hydrogens (tertiary/aromatic N) is 3. The summed E-state index contributed by atoms with van der Waals surface area (Å²) in [6.07, 6.45) is 2.13. The Balaban J connectivity index is 1.61. The van der Waals surface area contributed by atoms with E-state index in [0.717, 1.165) is 41.8 Å². The molecule has 1 saturated heterocycles. The van der Waals surface area contributed by atoms with Gasteiger partial charge in [-0.1, -0.05) is 11.3 Å². The molecule has 0 spiro atoms. The van der Waals surface area contributed by atoms with E-state index < -0.39 is 6.61 Å². The van der Waals surface area contributed by atoms with Gasteiger partial charge in [0.05, 0.1) is 0 Å². The molecule has 0 aliphatic carbocycles. The van der Waals surface area contributed by atoms with Gasteiger partial charge < -0.3 is 15.0 Å². The van der Waals surface area contributed by atoms with Gasteiger partial charge >= 0.3 is 6.61 Å². The highest BCUT2D eigenvalue weighted by molar-refractivity contribution is 7.15. The van der Waals surface area contributed by atoms with E-state index in [1.54, 1.807) is 23.5 Å². The molecule has 1 aromatic carbocycles. The molecule has 2 aromatic rings. The number of hydrogen-bond acceptors (Lipinski definition) is 6. The molecular formula is C15H18F2N4OS. The number of piperidine rings is 1. The van der Waals surface area contributed by atoms with Crippen molar-refractivity contribution < 1.29 is 13.5 Å². The maximum absolute atomic E-state index is 12.2. The Hall–Kier alpha value is -1.96. The first kappa shape index (κ1) is 15.9. The fourth-order valence-electron chi connectivity index (χ4n) is 2.70. The van der Waals surface area contributed by atoms with Gasteiger partial charge in [-0.05, 0) is 44.0 Å². The van der Waals surface area contributed by atoms with Crippen LogP contribution in [0.2, 0.25) is 0 Å². The van der Waals surface area contributed by atoms with E-state index >= 15 is 0 Å². The first-order valence-corrected chi connectivity index (χ1v) is 8.28. The van der Waals surface area contributed by atoms with Crippen LogP contribution in [0.5, 0.6) is 5.75 Å². The molecule has 5 nitrogen and oxygen atoms in total. The Labute approximate surface area is 137 Å². The lowest BCUT2D eigenvalue weighted by atomic mass is 10.1. The van der Waals surface area contributed by atoms with Crippen molar-refractivity contribution in [3.63, 3.8) is 0 Å². The summed E-state index contributed by atoms with van der Waals surface area (Å²) in [4.78, 5) is 2.24. The topological polar surface area (TPSA) is 50.3 Å². The normalized spacial score (nSPS) is 18.3. The first-order chi connectivity index (χ1) is 11.1. The van der Waals surface area contributed by atoms with Gasteiger partial charge in [-0.15, -0.1) is 10.2 Å². The zero-order chi connectivity index (χ0) is 16.2. The summed E-state index contributed by atoms with van der Waals surface area (Å²) in [5.41, 5.74) is 1.01. The van der Waals surface area contributed by atoms with Gasteiger partial charge in [0.15, 0.2) is 0 Å². The van der Waals surface area contributed by atoms with E-state index in [-0.39, 0.29) is 5.75 Å². The Morgan fingerprint density at radius 3 is 2.74 bits per heavy atom. The standard InChI is InChI=1S/C15H18F2N4OS/c1-10-19-20-15(23-10)18-11-3-2-8-21(9-11)12-4-6-13(7-5-12)22-14(16)17/h4-7,11,14H,2-3,8-9H2,1H3,(H,18,20). The largest absolute Gasteiger partial charge is 0.435 e. The third-order valence-electron chi connectivity index (χ3n) is 3.70. The van der Waals surface area contributed by atoms with E-state index in [0.29, 0.717) is 6.04 Å². The Morgan fingerprint density at radius 2 is 2.09 bits per heavy atom. The average molecular weight is 340 g/mol. The van der Waals surface area contributed by atoms with Gasteiger partial charge in [0, 0.05) is 24.8 Å². The predicted molar refractivity (Wildman–Crippen MR) is 86.6 cm³/mol. The van der Waals surface area contributed by atoms with Gasteiger partial charge in [0.2, 0.25) is 5.13 Å². The van der Waals surface area contributed by atoms with Crippen LogP contribution in [0.15, 0.2) is 24.3 Å². The number of aromatic nitrogens is 2. The van der Waals surface area contributed by atoms with Crippen molar-refractivity contribution >= 4 is 22.2 Å². The first-order valence-electron chi connectivity index (χ1n) is 7.46. The predicted octanol–water partition coefficient (Wildman–Crippen LogP) is 3.53. The highest BCUT2D eigenvalue weighted by Gasteiger charge is 2.21. The minimum Gasteiger partial charge on any atom is -0.435 e. The van der Waals surface area contributed by atoms with Crippen molar-refractivity contribution in [1.82, 2.24) is 10.2 Å². The molecule has 3 rings (SSSR count). The van der Waals surface area contributed by atoms with E-state index in [1.165, 1.54) is 0 Å². The van der Waals surface area contributed by atoms with Gasteiger partial charge in [-0.2, -0.15) is 8.78 Å². The molecule has 0 saturated carbocycles. The number of rotatable bonds is 5. The maximum atomic E-state index is 12.2. The Bertz CT molecular complexity index is 635. The van der Waals surface area contributed by atoms with Crippen LogP contribution in [0, 0.1) is 6.92 Å². The quantitative estimate of drug-likeness (QED) is 0.902. The van der Waals surface area contributed by atoms with Crippen molar-refractivity contribution in [2.24, 2.45) is 0 Å². The zero-order valence-electron chi connectivity index (χ0n) is 12.7. The number of ether oxygens (including phenoxy) is 1. The number of alkyl halides is 2. The molecule has 1 unspecified atom stereocenters. The molecule has 23 heavy (non-hydrogen) atoms. The number of anilines is 2. The molecule has 1 aromatic heterocycles. The minimum absolute atomic E-state index is 0.180. The average Bonchev–Trinajstić information content (AvgIpc) is 2.93. The molecule has 1 fully saturated rings. The van der Waals surface area contributed by atoms with Crippen LogP contribution in [0.4, 0.5) is 19.6 Å². The Morgan fingerprint density at radius 1 is 1.30 bits per heavy atom. The molecule has 2 heterocycles. The third-order valence-corrected chi connectivity index (χ3v) is 4.47. The summed E-state index contributed by atoms with van der Waals surface area (Å²) in [6.45, 7) is 0.925. The minimum atomic E-state index is -2.79. The van der Waals surface area contributed by atoms with Crippen molar-refractivity contribution in [1.29, 1.82) is 0 Å². The van der Waals surface area contributed by atoms with Crippen LogP contribution in [0.3, 0.4) is 0 Å². The maximum Gasteiger partial charge on any atom is 0.387 e. The molecule has 8 heteroatoms. The molecule has 1 N–H and O–H groups in total. The van der Waals surface area contributed by atoms with Crippen LogP contribution in [0.1, 0.15) is 17.8 Å². The fraction of sp³-hybridized carbons (Fsp3) is 0.467. The number of aryl methyl sites for hydroxylation is 1. The molecule has 124 valence electrons. The summed E-state index contributed by atoms with van der Waals surface area (Å²) in [5, 5.41) is 13.3. The van der Waals surface area contributed by atoms with Crippen LogP contribution >= 0.6 is 11.3 Å². The summed E-state index contributed by atoms with van der Waals surface area (Å²) >= 11 is 1.55. The third kappa shape index (κ3) is 4.28. The lowest BCUT2D eigenvalue weighted by Gasteiger charge is -2.34. The molecule has 1 aliphatic rings. The zero-order valence-corrected chi connectivity index (χ0v) is 13.5. The van der Waals surface area contributed by atoms with Crippen LogP contribution in [-0.4, -0.2) is 35.9 Å². The van der Waals surface area contributed by atoms with Crippen molar-refractivity contribution in [2.75, 3.05) is 23.3 Å². The SMILES string of the molecule is Cc1nnc(NC2CCCN(c3ccc(OC(F)F)cc3)C2)s1. The van der Waals surface area contributed by atoms with Gasteiger partial charge in [0.1, 0.15) is 10.8 Å². The number of nitrogens with one attached hydrogen (secondary N) is 1. The summed E-state index contributed by atoms with van der Waals surface area (Å²) in [5.74, 6) is 0.180. The van der Waals surface area contributed by atoms with E-state index in [9.17, 15) is 8.78 Å². The lowest BCUT2D eigenvalue weighted by Crippen LogP contribution is -2.42. The lowest BCUT2D eigenvalue weighted by molar-refractivity contribution is -0.0498. The smallest absolute Gasteiger partial charge is 0.387 e. The molecule has 1 aliphatic heterocycles. The molecule has 1 atom stereocenters. The highest BCUT2D eigenvalue weighted by Crippen LogP contribution is 2.25. The fourth-order valence-corrected chi connectivity index (χ4v) is 3.37. The van der Waals surface area contributed by atoms with Gasteiger partial charge in [-0.3, -0.25) is 0 Å². The molecule has 0 bridgehead atoms. The Kier molecular flexibility index (Phi) is 4.90. The molecule has 0 amide bonds. The summed E-state index contributed by atoms with van der Waals surface area (Å²) in [7, 11) is 0. The van der Waals surface area contributed by atoms with Crippen molar-refractivity contribution in [2.45, 2.75) is 32.4 Å². The van der Waals surface area contributed by atoms with E-state index in [4.69, 9.17) is 0 Å². The van der Waals surface area contributed by atoms with E-state index in [1.807, 2.05) is 19.1 Å². The van der Waals surface area contributed by atoms with Gasteiger partial charge in [0.25, 0.3) is 0 Å². The van der Waals surface area contributed by atoms with E-state index in [2.05, 4.69) is 25.2 Å². The van der Waals surface area contributed by atoms with Crippen LogP contribution in [0.25, 0.3) is 0 Å². The second kappa shape index (κ2) is 7.08. The van der Waals surface area contributed by atoms with Crippen LogP contribution < -0.4 is 15.0 Å².